The molecule has 9 heteroatoms. The number of carboxylic acids is 1. The monoisotopic (exact) mass is 509 g/mol. The molecule has 0 aromatic heterocycles. The highest BCUT2D eigenvalue weighted by Crippen LogP contribution is 2.39. The largest absolute Gasteiger partial charge is 0.489 e. The number of aryl methyl sites for hydroxylation is 1. The van der Waals surface area contributed by atoms with E-state index < -0.39 is 41.6 Å². The lowest BCUT2D eigenvalue weighted by Gasteiger charge is -2.34. The average molecular weight is 510 g/mol. The number of aliphatic hydroxyl groups excluding tert-OH is 1. The molecule has 2 aromatic carbocycles. The second-order valence-electron chi connectivity index (χ2n) is 10.0. The molecule has 36 heavy (non-hydrogen) atoms. The Morgan fingerprint density at radius 2 is 1.83 bits per heavy atom. The van der Waals surface area contributed by atoms with Gasteiger partial charge >= 0.3 is 12.1 Å². The highest BCUT2D eigenvalue weighted by atomic mass is 19.4. The summed E-state index contributed by atoms with van der Waals surface area (Å²) in [4.78, 5) is 13.3. The minimum Gasteiger partial charge on any atom is -0.489 e. The molecule has 0 spiro atoms. The van der Waals surface area contributed by atoms with Crippen molar-refractivity contribution in [1.82, 2.24) is 4.90 Å². The van der Waals surface area contributed by atoms with Gasteiger partial charge in [0.05, 0.1) is 17.6 Å². The maximum Gasteiger partial charge on any atom is 0.416 e. The molecule has 2 aliphatic heterocycles. The number of rotatable bonds is 5. The van der Waals surface area contributed by atoms with E-state index in [1.54, 1.807) is 19.1 Å². The number of aliphatic carboxylic acids is 1. The first-order valence-electron chi connectivity index (χ1n) is 12.2. The normalized spacial score (nSPS) is 23.3. The van der Waals surface area contributed by atoms with Crippen LogP contribution in [-0.2, 0) is 17.4 Å². The summed E-state index contributed by atoms with van der Waals surface area (Å²) in [5.74, 6) is -2.02. The lowest BCUT2D eigenvalue weighted by atomic mass is 9.92. The molecule has 4 rings (SSSR count). The summed E-state index contributed by atoms with van der Waals surface area (Å²) in [7, 11) is 0. The number of hydrogen-bond acceptors (Lipinski definition) is 4. The van der Waals surface area contributed by atoms with Crippen LogP contribution in [0.4, 0.5) is 17.6 Å². The molecule has 5 nitrogen and oxygen atoms in total. The van der Waals surface area contributed by atoms with Gasteiger partial charge < -0.3 is 14.9 Å². The van der Waals surface area contributed by atoms with Crippen molar-refractivity contribution >= 4 is 5.97 Å². The summed E-state index contributed by atoms with van der Waals surface area (Å²) in [6.45, 7) is 4.05. The molecule has 0 unspecified atom stereocenters. The van der Waals surface area contributed by atoms with Gasteiger partial charge in [-0.25, -0.2) is 4.39 Å². The number of alkyl halides is 3. The summed E-state index contributed by atoms with van der Waals surface area (Å²) >= 11 is 0. The van der Waals surface area contributed by atoms with E-state index in [0.29, 0.717) is 37.2 Å². The van der Waals surface area contributed by atoms with Gasteiger partial charge in [0, 0.05) is 19.1 Å². The SMILES string of the molecule is C[C@H](C(=O)O)[C@@H](O)c1ccc2c(c1)O[C@H]1CC[C@@H](CC2)CN([C@@H](C)c2cc(F)ccc2C(F)(F)F)C1. The Morgan fingerprint density at radius 3 is 2.53 bits per heavy atom. The van der Waals surface area contributed by atoms with Crippen molar-refractivity contribution in [3.05, 3.63) is 64.5 Å². The number of benzene rings is 2. The molecule has 0 aliphatic carbocycles. The van der Waals surface area contributed by atoms with Gasteiger partial charge in [-0.1, -0.05) is 12.1 Å². The van der Waals surface area contributed by atoms with Crippen molar-refractivity contribution in [3.8, 4) is 5.75 Å². The summed E-state index contributed by atoms with van der Waals surface area (Å²) in [6, 6.07) is 7.19. The molecule has 2 N–H and O–H groups in total. The quantitative estimate of drug-likeness (QED) is 0.501. The molecular weight excluding hydrogens is 478 g/mol. The highest BCUT2D eigenvalue weighted by Gasteiger charge is 2.38. The van der Waals surface area contributed by atoms with Crippen LogP contribution in [0.15, 0.2) is 36.4 Å². The van der Waals surface area contributed by atoms with Crippen LogP contribution >= 0.6 is 0 Å². The van der Waals surface area contributed by atoms with E-state index >= 15 is 0 Å². The Kier molecular flexibility index (Phi) is 7.61. The number of fused-ring (bicyclic) bond motifs is 4. The molecule has 5 atom stereocenters. The average Bonchev–Trinajstić information content (AvgIpc) is 2.98. The minimum atomic E-state index is -4.59. The molecule has 0 saturated carbocycles. The molecular formula is C27H31F4NO4. The molecule has 0 radical (unpaired) electrons. The molecule has 2 aromatic rings. The summed E-state index contributed by atoms with van der Waals surface area (Å²) in [5, 5.41) is 19.8. The molecule has 2 aliphatic rings. The predicted octanol–water partition coefficient (Wildman–Crippen LogP) is 5.77. The second-order valence-corrected chi connectivity index (χ2v) is 10.0. The van der Waals surface area contributed by atoms with E-state index in [0.717, 1.165) is 36.6 Å². The van der Waals surface area contributed by atoms with Crippen LogP contribution in [0.5, 0.6) is 5.75 Å². The zero-order valence-electron chi connectivity index (χ0n) is 20.3. The van der Waals surface area contributed by atoms with Gasteiger partial charge in [-0.05, 0) is 86.4 Å². The van der Waals surface area contributed by atoms with Crippen LogP contribution in [0.3, 0.4) is 0 Å². The molecule has 1 fully saturated rings. The number of carbonyl (C=O) groups is 1. The van der Waals surface area contributed by atoms with Crippen LogP contribution in [-0.4, -0.2) is 40.3 Å². The first-order valence-corrected chi connectivity index (χ1v) is 12.2. The molecule has 2 bridgehead atoms. The van der Waals surface area contributed by atoms with Gasteiger partial charge in [-0.15, -0.1) is 0 Å². The first-order chi connectivity index (χ1) is 16.9. The fourth-order valence-corrected chi connectivity index (χ4v) is 5.29. The summed E-state index contributed by atoms with van der Waals surface area (Å²) in [5.41, 5.74) is 0.470. The first kappa shape index (κ1) is 26.4. The van der Waals surface area contributed by atoms with Crippen molar-refractivity contribution in [1.29, 1.82) is 0 Å². The van der Waals surface area contributed by atoms with Crippen molar-refractivity contribution in [3.63, 3.8) is 0 Å². The van der Waals surface area contributed by atoms with Crippen LogP contribution in [0.2, 0.25) is 0 Å². The topological polar surface area (TPSA) is 70.0 Å². The van der Waals surface area contributed by atoms with E-state index in [4.69, 9.17) is 4.74 Å². The maximum absolute atomic E-state index is 14.0. The van der Waals surface area contributed by atoms with Crippen molar-refractivity contribution < 1.29 is 37.3 Å². The number of aliphatic hydroxyl groups is 1. The number of halogens is 4. The molecule has 2 heterocycles. The van der Waals surface area contributed by atoms with Crippen LogP contribution < -0.4 is 4.74 Å². The number of hydrogen-bond donors (Lipinski definition) is 2. The van der Waals surface area contributed by atoms with Crippen LogP contribution in [0, 0.1) is 17.7 Å². The zero-order chi connectivity index (χ0) is 26.2. The minimum absolute atomic E-state index is 0.0903. The fraction of sp³-hybridized carbons (Fsp3) is 0.519. The number of ether oxygens (including phenoxy) is 1. The Balaban J connectivity index is 1.62. The Labute approximate surface area is 207 Å². The van der Waals surface area contributed by atoms with Gasteiger partial charge in [-0.3, -0.25) is 9.69 Å². The lowest BCUT2D eigenvalue weighted by Crippen LogP contribution is -2.38. The van der Waals surface area contributed by atoms with E-state index in [-0.39, 0.29) is 17.6 Å². The van der Waals surface area contributed by atoms with Gasteiger partial charge in [0.1, 0.15) is 17.7 Å². The summed E-state index contributed by atoms with van der Waals surface area (Å²) in [6.07, 6.45) is -3.06. The third kappa shape index (κ3) is 5.67. The highest BCUT2D eigenvalue weighted by molar-refractivity contribution is 5.70. The Hall–Kier alpha value is -2.65. The van der Waals surface area contributed by atoms with Crippen molar-refractivity contribution in [2.45, 2.75) is 64.0 Å². The van der Waals surface area contributed by atoms with Gasteiger partial charge in [0.25, 0.3) is 0 Å². The van der Waals surface area contributed by atoms with E-state index in [1.807, 2.05) is 11.0 Å². The van der Waals surface area contributed by atoms with Gasteiger partial charge in [-0.2, -0.15) is 13.2 Å². The third-order valence-electron chi connectivity index (χ3n) is 7.56. The number of carboxylic acid groups (broad SMARTS) is 1. The fourth-order valence-electron chi connectivity index (χ4n) is 5.29. The number of nitrogens with zero attached hydrogens (tertiary/aromatic N) is 1. The second kappa shape index (κ2) is 10.4. The molecule has 196 valence electrons. The zero-order valence-corrected chi connectivity index (χ0v) is 20.3. The van der Waals surface area contributed by atoms with Crippen LogP contribution in [0.1, 0.15) is 67.5 Å². The van der Waals surface area contributed by atoms with Gasteiger partial charge in [0.15, 0.2) is 0 Å². The lowest BCUT2D eigenvalue weighted by molar-refractivity contribution is -0.145. The Morgan fingerprint density at radius 1 is 1.08 bits per heavy atom. The van der Waals surface area contributed by atoms with E-state index in [1.165, 1.54) is 6.92 Å². The maximum atomic E-state index is 14.0. The number of likely N-dealkylation sites (tertiary alicyclic amines) is 1. The molecule has 1 saturated heterocycles. The van der Waals surface area contributed by atoms with E-state index in [2.05, 4.69) is 0 Å². The Bertz CT molecular complexity index is 1110. The van der Waals surface area contributed by atoms with Crippen molar-refractivity contribution in [2.24, 2.45) is 11.8 Å². The standard InChI is InChI=1S/C27H31F4NO4/c1-15(26(34)35)25(33)19-7-6-18-5-3-17-4-9-21(36-24(18)11-19)14-32(13-17)16(2)22-12-20(28)8-10-23(22)27(29,30)31/h6-8,10-12,15-17,21,25,33H,3-5,9,13-14H2,1-2H3,(H,34,35)/t15-,16-,17+,21-,25+/m0/s1. The third-order valence-corrected chi connectivity index (χ3v) is 7.56. The van der Waals surface area contributed by atoms with Crippen LogP contribution in [0.25, 0.3) is 0 Å². The van der Waals surface area contributed by atoms with E-state index in [9.17, 15) is 32.6 Å². The van der Waals surface area contributed by atoms with Crippen molar-refractivity contribution in [2.75, 3.05) is 13.1 Å². The smallest absolute Gasteiger partial charge is 0.416 e. The predicted molar refractivity (Wildman–Crippen MR) is 125 cm³/mol. The molecule has 0 amide bonds. The summed E-state index contributed by atoms with van der Waals surface area (Å²) < 4.78 is 61.4. The van der Waals surface area contributed by atoms with Gasteiger partial charge in [0.2, 0.25) is 0 Å².